The molecule has 2 aromatic rings. The second-order valence-corrected chi connectivity index (χ2v) is 5.13. The molecule has 0 heterocycles. The van der Waals surface area contributed by atoms with Crippen LogP contribution in [0.3, 0.4) is 0 Å². The molecule has 0 aliphatic carbocycles. The highest BCUT2D eigenvalue weighted by molar-refractivity contribution is 9.10. The van der Waals surface area contributed by atoms with E-state index in [2.05, 4.69) is 21.2 Å². The summed E-state index contributed by atoms with van der Waals surface area (Å²) in [4.78, 5) is 12.0. The largest absolute Gasteiger partial charge is 0.507 e. The lowest BCUT2D eigenvalue weighted by Crippen LogP contribution is -2.14. The number of nitrogens with one attached hydrogen (secondary N) is 1. The lowest BCUT2D eigenvalue weighted by Gasteiger charge is -2.11. The van der Waals surface area contributed by atoms with Gasteiger partial charge in [-0.05, 0) is 52.7 Å². The van der Waals surface area contributed by atoms with Gasteiger partial charge in [0, 0.05) is 10.2 Å². The summed E-state index contributed by atoms with van der Waals surface area (Å²) in [5.41, 5.74) is 7.12. The average molecular weight is 339 g/mol. The number of rotatable bonds is 2. The normalized spacial score (nSPS) is 10.3. The van der Waals surface area contributed by atoms with Gasteiger partial charge in [0.1, 0.15) is 17.1 Å². The second-order valence-electron chi connectivity index (χ2n) is 4.28. The lowest BCUT2D eigenvalue weighted by molar-refractivity contribution is 0.102. The van der Waals surface area contributed by atoms with Crippen molar-refractivity contribution in [1.29, 1.82) is 0 Å². The van der Waals surface area contributed by atoms with E-state index in [1.54, 1.807) is 12.1 Å². The molecule has 0 atom stereocenters. The standard InChI is InChI=1S/C14H12BrFN2O2/c1-7-5-8(15)11(6-10(7)17)18-14(20)13-9(16)3-2-4-12(13)19/h2-6,19H,17H2,1H3,(H,18,20). The quantitative estimate of drug-likeness (QED) is 0.734. The van der Waals surface area contributed by atoms with Crippen LogP contribution in [0.1, 0.15) is 15.9 Å². The first kappa shape index (κ1) is 14.3. The van der Waals surface area contributed by atoms with Crippen molar-refractivity contribution in [2.75, 3.05) is 11.1 Å². The molecule has 1 amide bonds. The van der Waals surface area contributed by atoms with Crippen molar-refractivity contribution in [3.8, 4) is 5.75 Å². The minimum Gasteiger partial charge on any atom is -0.507 e. The first-order valence-corrected chi connectivity index (χ1v) is 6.54. The van der Waals surface area contributed by atoms with E-state index >= 15 is 0 Å². The number of benzene rings is 2. The summed E-state index contributed by atoms with van der Waals surface area (Å²) in [6, 6.07) is 6.98. The van der Waals surface area contributed by atoms with Gasteiger partial charge in [0.15, 0.2) is 0 Å². The van der Waals surface area contributed by atoms with Crippen LogP contribution in [-0.2, 0) is 0 Å². The fraction of sp³-hybridized carbons (Fsp3) is 0.0714. The number of phenolic OH excluding ortho intramolecular Hbond substituents is 1. The maximum atomic E-state index is 13.6. The number of carbonyl (C=O) groups excluding carboxylic acids is 1. The predicted octanol–water partition coefficient (Wildman–Crippen LogP) is 3.44. The van der Waals surface area contributed by atoms with E-state index < -0.39 is 23.0 Å². The molecule has 2 aromatic carbocycles. The van der Waals surface area contributed by atoms with E-state index in [1.165, 1.54) is 12.1 Å². The molecule has 0 aliphatic rings. The highest BCUT2D eigenvalue weighted by Crippen LogP contribution is 2.29. The van der Waals surface area contributed by atoms with Crippen molar-refractivity contribution in [2.24, 2.45) is 0 Å². The zero-order valence-electron chi connectivity index (χ0n) is 10.6. The number of phenols is 1. The van der Waals surface area contributed by atoms with E-state index in [0.29, 0.717) is 15.8 Å². The number of halogens is 2. The first-order valence-electron chi connectivity index (χ1n) is 5.74. The van der Waals surface area contributed by atoms with Crippen LogP contribution in [0.5, 0.6) is 5.75 Å². The molecule has 4 nitrogen and oxygen atoms in total. The Morgan fingerprint density at radius 3 is 2.75 bits per heavy atom. The monoisotopic (exact) mass is 338 g/mol. The van der Waals surface area contributed by atoms with Gasteiger partial charge in [-0.2, -0.15) is 0 Å². The third kappa shape index (κ3) is 2.75. The van der Waals surface area contributed by atoms with Crippen LogP contribution in [0.4, 0.5) is 15.8 Å². The maximum absolute atomic E-state index is 13.6. The number of aryl methyl sites for hydroxylation is 1. The number of nitrogen functional groups attached to an aromatic ring is 1. The van der Waals surface area contributed by atoms with Crippen LogP contribution in [0, 0.1) is 12.7 Å². The van der Waals surface area contributed by atoms with Gasteiger partial charge in [0.2, 0.25) is 0 Å². The van der Waals surface area contributed by atoms with Crippen LogP contribution < -0.4 is 11.1 Å². The summed E-state index contributed by atoms with van der Waals surface area (Å²) in [6.45, 7) is 1.83. The van der Waals surface area contributed by atoms with Gasteiger partial charge in [-0.1, -0.05) is 6.07 Å². The lowest BCUT2D eigenvalue weighted by atomic mass is 10.1. The van der Waals surface area contributed by atoms with Crippen molar-refractivity contribution in [2.45, 2.75) is 6.92 Å². The third-order valence-electron chi connectivity index (χ3n) is 2.82. The van der Waals surface area contributed by atoms with Gasteiger partial charge in [-0.3, -0.25) is 4.79 Å². The maximum Gasteiger partial charge on any atom is 0.262 e. The number of aromatic hydroxyl groups is 1. The molecule has 6 heteroatoms. The third-order valence-corrected chi connectivity index (χ3v) is 3.48. The minimum absolute atomic E-state index is 0.403. The fourth-order valence-electron chi connectivity index (χ4n) is 1.71. The Kier molecular flexibility index (Phi) is 3.94. The number of carbonyl (C=O) groups is 1. The molecule has 0 saturated carbocycles. The van der Waals surface area contributed by atoms with Gasteiger partial charge >= 0.3 is 0 Å². The summed E-state index contributed by atoms with van der Waals surface area (Å²) >= 11 is 3.29. The summed E-state index contributed by atoms with van der Waals surface area (Å²) in [6.07, 6.45) is 0. The molecule has 20 heavy (non-hydrogen) atoms. The zero-order valence-corrected chi connectivity index (χ0v) is 12.2. The molecule has 2 rings (SSSR count). The highest BCUT2D eigenvalue weighted by atomic mass is 79.9. The molecule has 0 spiro atoms. The summed E-state index contributed by atoms with van der Waals surface area (Å²) in [5, 5.41) is 12.1. The van der Waals surface area contributed by atoms with Crippen molar-refractivity contribution < 1.29 is 14.3 Å². The molecule has 0 unspecified atom stereocenters. The molecule has 104 valence electrons. The molecule has 0 aliphatic heterocycles. The summed E-state index contributed by atoms with van der Waals surface area (Å²) in [5.74, 6) is -1.96. The Morgan fingerprint density at radius 2 is 2.10 bits per heavy atom. The van der Waals surface area contributed by atoms with Gasteiger partial charge in [-0.15, -0.1) is 0 Å². The molecular weight excluding hydrogens is 327 g/mol. The Morgan fingerprint density at radius 1 is 1.40 bits per heavy atom. The van der Waals surface area contributed by atoms with Crippen molar-refractivity contribution >= 4 is 33.2 Å². The summed E-state index contributed by atoms with van der Waals surface area (Å²) < 4.78 is 14.2. The SMILES string of the molecule is Cc1cc(Br)c(NC(=O)c2c(O)cccc2F)cc1N. The number of hydrogen-bond acceptors (Lipinski definition) is 3. The van der Waals surface area contributed by atoms with Crippen LogP contribution in [-0.4, -0.2) is 11.0 Å². The predicted molar refractivity (Wildman–Crippen MR) is 79.3 cm³/mol. The Hall–Kier alpha value is -2.08. The molecule has 0 radical (unpaired) electrons. The van der Waals surface area contributed by atoms with Gasteiger partial charge in [0.25, 0.3) is 5.91 Å². The molecule has 0 aromatic heterocycles. The number of anilines is 2. The van der Waals surface area contributed by atoms with Gasteiger partial charge < -0.3 is 16.2 Å². The van der Waals surface area contributed by atoms with E-state index in [1.807, 2.05) is 6.92 Å². The van der Waals surface area contributed by atoms with Crippen LogP contribution in [0.25, 0.3) is 0 Å². The van der Waals surface area contributed by atoms with Crippen LogP contribution in [0.2, 0.25) is 0 Å². The fourth-order valence-corrected chi connectivity index (χ4v) is 2.26. The molecule has 0 fully saturated rings. The average Bonchev–Trinajstić information content (AvgIpc) is 2.35. The molecule has 0 saturated heterocycles. The second kappa shape index (κ2) is 5.50. The van der Waals surface area contributed by atoms with E-state index in [9.17, 15) is 14.3 Å². The summed E-state index contributed by atoms with van der Waals surface area (Å²) in [7, 11) is 0. The van der Waals surface area contributed by atoms with Gasteiger partial charge in [-0.25, -0.2) is 4.39 Å². The Balaban J connectivity index is 2.35. The van der Waals surface area contributed by atoms with Crippen molar-refractivity contribution in [3.63, 3.8) is 0 Å². The van der Waals surface area contributed by atoms with Gasteiger partial charge in [0.05, 0.1) is 5.69 Å². The number of hydrogen-bond donors (Lipinski definition) is 3. The first-order chi connectivity index (χ1) is 9.40. The minimum atomic E-state index is -0.793. The Labute approximate surface area is 123 Å². The molecule has 4 N–H and O–H groups in total. The van der Waals surface area contributed by atoms with Crippen LogP contribution >= 0.6 is 15.9 Å². The molecular formula is C14H12BrFN2O2. The molecule has 0 bridgehead atoms. The van der Waals surface area contributed by atoms with E-state index in [0.717, 1.165) is 11.6 Å². The topological polar surface area (TPSA) is 75.3 Å². The van der Waals surface area contributed by atoms with Crippen molar-refractivity contribution in [1.82, 2.24) is 0 Å². The van der Waals surface area contributed by atoms with Crippen molar-refractivity contribution in [3.05, 3.63) is 51.7 Å². The smallest absolute Gasteiger partial charge is 0.262 e. The van der Waals surface area contributed by atoms with E-state index in [-0.39, 0.29) is 0 Å². The highest BCUT2D eigenvalue weighted by Gasteiger charge is 2.17. The Bertz CT molecular complexity index is 669. The van der Waals surface area contributed by atoms with Crippen LogP contribution in [0.15, 0.2) is 34.8 Å². The zero-order chi connectivity index (χ0) is 14.9. The van der Waals surface area contributed by atoms with E-state index in [4.69, 9.17) is 5.73 Å². The number of amides is 1. The number of nitrogens with two attached hydrogens (primary N) is 1.